The molecule has 1 atom stereocenters. The Balaban J connectivity index is 2.04. The fraction of sp³-hybridized carbons (Fsp3) is 0.286. The predicted molar refractivity (Wildman–Crippen MR) is 86.5 cm³/mol. The van der Waals surface area contributed by atoms with Gasteiger partial charge in [0.15, 0.2) is 15.9 Å². The Bertz CT molecular complexity index is 839. The molecule has 0 radical (unpaired) electrons. The Morgan fingerprint density at radius 3 is 2.60 bits per heavy atom. The number of halogens is 4. The summed E-state index contributed by atoms with van der Waals surface area (Å²) >= 11 is 3.11. The Hall–Kier alpha value is -1.88. The highest BCUT2D eigenvalue weighted by molar-refractivity contribution is 9.10. The number of hydrogen-bond donors (Lipinski definition) is 1. The van der Waals surface area contributed by atoms with Crippen LogP contribution in [0.5, 0.6) is 0 Å². The lowest BCUT2D eigenvalue weighted by Gasteiger charge is -2.21. The van der Waals surface area contributed by atoms with Gasteiger partial charge in [-0.2, -0.15) is 18.3 Å². The van der Waals surface area contributed by atoms with Crippen molar-refractivity contribution < 1.29 is 26.4 Å². The zero-order valence-electron chi connectivity index (χ0n) is 12.6. The maximum Gasteiger partial charge on any atom is 0.412 e. The van der Waals surface area contributed by atoms with Crippen molar-refractivity contribution in [3.05, 3.63) is 47.2 Å². The molecular weight excluding hydrogens is 427 g/mol. The zero-order valence-corrected chi connectivity index (χ0v) is 15.0. The lowest BCUT2D eigenvalue weighted by Crippen LogP contribution is -2.40. The van der Waals surface area contributed by atoms with Crippen LogP contribution in [0.3, 0.4) is 0 Å². The molecule has 1 unspecified atom stereocenters. The van der Waals surface area contributed by atoms with Crippen LogP contribution in [-0.4, -0.2) is 42.6 Å². The van der Waals surface area contributed by atoms with Crippen molar-refractivity contribution >= 4 is 31.7 Å². The largest absolute Gasteiger partial charge is 0.412 e. The van der Waals surface area contributed by atoms with E-state index in [4.69, 9.17) is 0 Å². The molecule has 0 saturated carbocycles. The van der Waals surface area contributed by atoms with Crippen LogP contribution < -0.4 is 5.32 Å². The first-order valence-corrected chi connectivity index (χ1v) is 9.35. The summed E-state index contributed by atoms with van der Waals surface area (Å²) in [6, 6.07) is 4.93. The first-order chi connectivity index (χ1) is 11.6. The van der Waals surface area contributed by atoms with Gasteiger partial charge in [-0.3, -0.25) is 9.48 Å². The van der Waals surface area contributed by atoms with Gasteiger partial charge in [0.1, 0.15) is 5.75 Å². The van der Waals surface area contributed by atoms with Gasteiger partial charge in [0.25, 0.3) is 0 Å². The SMILES string of the molecule is O=C(CS(=O)(=O)c1cccc(Br)c1)NCC(n1cccn1)C(F)(F)F. The van der Waals surface area contributed by atoms with E-state index in [1.807, 2.05) is 5.32 Å². The van der Waals surface area contributed by atoms with Gasteiger partial charge in [-0.05, 0) is 24.3 Å². The molecule has 1 aromatic heterocycles. The summed E-state index contributed by atoms with van der Waals surface area (Å²) in [7, 11) is -3.96. The minimum absolute atomic E-state index is 0.100. The lowest BCUT2D eigenvalue weighted by molar-refractivity contribution is -0.169. The number of amides is 1. The van der Waals surface area contributed by atoms with Crippen LogP contribution in [0.2, 0.25) is 0 Å². The third kappa shape index (κ3) is 5.30. The second-order valence-corrected chi connectivity index (χ2v) is 7.97. The normalized spacial score (nSPS) is 13.4. The summed E-state index contributed by atoms with van der Waals surface area (Å²) in [5.74, 6) is -1.98. The van der Waals surface area contributed by atoms with E-state index in [2.05, 4.69) is 21.0 Å². The molecule has 2 aromatic rings. The number of rotatable bonds is 6. The maximum absolute atomic E-state index is 13.0. The summed E-state index contributed by atoms with van der Waals surface area (Å²) < 4.78 is 64.6. The van der Waals surface area contributed by atoms with Gasteiger partial charge in [-0.25, -0.2) is 8.42 Å². The van der Waals surface area contributed by atoms with Crippen LogP contribution in [0.15, 0.2) is 52.1 Å². The number of nitrogens with zero attached hydrogens (tertiary/aromatic N) is 2. The molecule has 1 heterocycles. The zero-order chi connectivity index (χ0) is 18.7. The molecule has 6 nitrogen and oxygen atoms in total. The molecule has 1 amide bonds. The van der Waals surface area contributed by atoms with Gasteiger partial charge in [0.05, 0.1) is 4.90 Å². The van der Waals surface area contributed by atoms with Gasteiger partial charge in [0.2, 0.25) is 5.91 Å². The molecule has 0 spiro atoms. The average Bonchev–Trinajstić information content (AvgIpc) is 2.99. The van der Waals surface area contributed by atoms with E-state index in [9.17, 15) is 26.4 Å². The second-order valence-electron chi connectivity index (χ2n) is 5.06. The Kier molecular flexibility index (Phi) is 5.88. The van der Waals surface area contributed by atoms with Crippen LogP contribution >= 0.6 is 15.9 Å². The number of carbonyl (C=O) groups excluding carboxylic acids is 1. The summed E-state index contributed by atoms with van der Waals surface area (Å²) in [4.78, 5) is 11.7. The lowest BCUT2D eigenvalue weighted by atomic mass is 10.3. The van der Waals surface area contributed by atoms with Gasteiger partial charge in [-0.15, -0.1) is 0 Å². The predicted octanol–water partition coefficient (Wildman–Crippen LogP) is 2.34. The van der Waals surface area contributed by atoms with Gasteiger partial charge < -0.3 is 5.32 Å². The molecule has 25 heavy (non-hydrogen) atoms. The van der Waals surface area contributed by atoms with Gasteiger partial charge in [0, 0.05) is 23.4 Å². The molecule has 0 aliphatic heterocycles. The molecule has 0 saturated heterocycles. The number of hydrogen-bond acceptors (Lipinski definition) is 4. The fourth-order valence-electron chi connectivity index (χ4n) is 2.00. The van der Waals surface area contributed by atoms with E-state index in [1.54, 1.807) is 6.07 Å². The van der Waals surface area contributed by atoms with Crippen molar-refractivity contribution in [1.29, 1.82) is 0 Å². The van der Waals surface area contributed by atoms with E-state index in [-0.39, 0.29) is 4.90 Å². The van der Waals surface area contributed by atoms with Crippen molar-refractivity contribution in [1.82, 2.24) is 15.1 Å². The van der Waals surface area contributed by atoms with Crippen molar-refractivity contribution in [2.45, 2.75) is 17.1 Å². The van der Waals surface area contributed by atoms with E-state index in [0.717, 1.165) is 6.20 Å². The third-order valence-electron chi connectivity index (χ3n) is 3.19. The Labute approximate surface area is 150 Å². The summed E-state index contributed by atoms with van der Waals surface area (Å²) in [6.07, 6.45) is -2.36. The number of carbonyl (C=O) groups is 1. The molecule has 0 bridgehead atoms. The molecular formula is C14H13BrF3N3O3S. The summed E-state index contributed by atoms with van der Waals surface area (Å²) in [5, 5.41) is 5.52. The fourth-order valence-corrected chi connectivity index (χ4v) is 3.76. The molecule has 0 aliphatic rings. The maximum atomic E-state index is 13.0. The number of nitrogens with one attached hydrogen (secondary N) is 1. The number of benzene rings is 1. The Morgan fingerprint density at radius 2 is 2.04 bits per heavy atom. The van der Waals surface area contributed by atoms with Crippen LogP contribution in [0.4, 0.5) is 13.2 Å². The molecule has 1 aromatic carbocycles. The molecule has 11 heteroatoms. The molecule has 2 rings (SSSR count). The van der Waals surface area contributed by atoms with Crippen LogP contribution in [-0.2, 0) is 14.6 Å². The van der Waals surface area contributed by atoms with E-state index in [1.165, 1.54) is 30.5 Å². The summed E-state index contributed by atoms with van der Waals surface area (Å²) in [5.41, 5.74) is 0. The smallest absolute Gasteiger partial charge is 0.353 e. The highest BCUT2D eigenvalue weighted by Gasteiger charge is 2.41. The first-order valence-electron chi connectivity index (χ1n) is 6.90. The van der Waals surface area contributed by atoms with Crippen LogP contribution in [0, 0.1) is 0 Å². The minimum Gasteiger partial charge on any atom is -0.353 e. The van der Waals surface area contributed by atoms with Crippen LogP contribution in [0.25, 0.3) is 0 Å². The molecule has 1 N–H and O–H groups in total. The second kappa shape index (κ2) is 7.56. The van der Waals surface area contributed by atoms with Crippen molar-refractivity contribution in [3.8, 4) is 0 Å². The summed E-state index contributed by atoms with van der Waals surface area (Å²) in [6.45, 7) is -0.821. The van der Waals surface area contributed by atoms with E-state index >= 15 is 0 Å². The quantitative estimate of drug-likeness (QED) is 0.748. The average molecular weight is 440 g/mol. The Morgan fingerprint density at radius 1 is 1.32 bits per heavy atom. The molecule has 136 valence electrons. The molecule has 0 fully saturated rings. The highest BCUT2D eigenvalue weighted by atomic mass is 79.9. The molecule has 0 aliphatic carbocycles. The third-order valence-corrected chi connectivity index (χ3v) is 5.30. The van der Waals surface area contributed by atoms with Crippen molar-refractivity contribution in [2.75, 3.05) is 12.3 Å². The first kappa shape index (κ1) is 19.4. The van der Waals surface area contributed by atoms with Crippen LogP contribution in [0.1, 0.15) is 6.04 Å². The van der Waals surface area contributed by atoms with E-state index < -0.39 is 40.3 Å². The van der Waals surface area contributed by atoms with Gasteiger partial charge in [-0.1, -0.05) is 22.0 Å². The highest BCUT2D eigenvalue weighted by Crippen LogP contribution is 2.29. The van der Waals surface area contributed by atoms with Gasteiger partial charge >= 0.3 is 6.18 Å². The number of sulfone groups is 1. The van der Waals surface area contributed by atoms with Crippen molar-refractivity contribution in [3.63, 3.8) is 0 Å². The topological polar surface area (TPSA) is 81.1 Å². The monoisotopic (exact) mass is 439 g/mol. The number of aromatic nitrogens is 2. The minimum atomic E-state index is -4.65. The van der Waals surface area contributed by atoms with E-state index in [0.29, 0.717) is 9.15 Å². The number of alkyl halides is 3. The standard InChI is InChI=1S/C14H13BrF3N3O3S/c15-10-3-1-4-11(7-10)25(23,24)9-13(22)19-8-12(14(16,17)18)21-6-2-5-20-21/h1-7,12H,8-9H2,(H,19,22). The van der Waals surface area contributed by atoms with Crippen molar-refractivity contribution in [2.24, 2.45) is 0 Å².